The summed E-state index contributed by atoms with van der Waals surface area (Å²) in [6.07, 6.45) is 0.993. The number of anilines is 1. The molecule has 1 N–H and O–H groups in total. The molecule has 0 spiro atoms. The van der Waals surface area contributed by atoms with Crippen LogP contribution in [0.25, 0.3) is 0 Å². The number of halogens is 1. The lowest BCUT2D eigenvalue weighted by molar-refractivity contribution is 0.314. The molecule has 0 heterocycles. The molecule has 0 radical (unpaired) electrons. The van der Waals surface area contributed by atoms with Crippen molar-refractivity contribution >= 4 is 17.3 Å². The number of aryl methyl sites for hydroxylation is 2. The van der Waals surface area contributed by atoms with Crippen molar-refractivity contribution in [2.24, 2.45) is 0 Å². The Kier molecular flexibility index (Phi) is 5.51. The fourth-order valence-electron chi connectivity index (χ4n) is 2.24. The third-order valence-electron chi connectivity index (χ3n) is 3.34. The van der Waals surface area contributed by atoms with Gasteiger partial charge in [0, 0.05) is 22.8 Å². The van der Waals surface area contributed by atoms with E-state index in [0.717, 1.165) is 35.1 Å². The van der Waals surface area contributed by atoms with Crippen molar-refractivity contribution in [1.29, 1.82) is 0 Å². The Hall–Kier alpha value is -1.67. The zero-order chi connectivity index (χ0) is 15.2. The molecule has 0 saturated carbocycles. The van der Waals surface area contributed by atoms with Crippen LogP contribution in [0.15, 0.2) is 36.4 Å². The second-order valence-corrected chi connectivity index (χ2v) is 5.71. The molecule has 21 heavy (non-hydrogen) atoms. The topological polar surface area (TPSA) is 21.3 Å². The molecule has 2 aromatic rings. The molecule has 0 amide bonds. The molecular weight excluding hydrogens is 282 g/mol. The van der Waals surface area contributed by atoms with Crippen molar-refractivity contribution in [2.75, 3.05) is 11.9 Å². The van der Waals surface area contributed by atoms with E-state index in [1.807, 2.05) is 18.2 Å². The lowest BCUT2D eigenvalue weighted by Gasteiger charge is -2.14. The maximum Gasteiger partial charge on any atom is 0.124 e. The highest BCUT2D eigenvalue weighted by Gasteiger charge is 2.06. The van der Waals surface area contributed by atoms with E-state index in [2.05, 4.69) is 44.3 Å². The average Bonchev–Trinajstić information content (AvgIpc) is 2.45. The predicted molar refractivity (Wildman–Crippen MR) is 90.5 cm³/mol. The minimum atomic E-state index is 0.698. The molecule has 3 heteroatoms. The summed E-state index contributed by atoms with van der Waals surface area (Å²) in [5, 5.41) is 4.19. The fraction of sp³-hybridized carbons (Fsp3) is 0.333. The largest absolute Gasteiger partial charge is 0.493 e. The van der Waals surface area contributed by atoms with Gasteiger partial charge in [0.15, 0.2) is 0 Å². The van der Waals surface area contributed by atoms with Gasteiger partial charge < -0.3 is 10.1 Å². The molecule has 0 aliphatic heterocycles. The van der Waals surface area contributed by atoms with Crippen molar-refractivity contribution in [3.05, 3.63) is 58.1 Å². The highest BCUT2D eigenvalue weighted by atomic mass is 35.5. The highest BCUT2D eigenvalue weighted by Crippen LogP contribution is 2.25. The summed E-state index contributed by atoms with van der Waals surface area (Å²) in [5.41, 5.74) is 4.73. The first kappa shape index (κ1) is 15.7. The molecule has 0 fully saturated rings. The van der Waals surface area contributed by atoms with Crippen LogP contribution >= 0.6 is 11.6 Å². The van der Waals surface area contributed by atoms with Crippen LogP contribution < -0.4 is 10.1 Å². The van der Waals surface area contributed by atoms with Crippen molar-refractivity contribution in [2.45, 2.75) is 33.7 Å². The van der Waals surface area contributed by atoms with Crippen molar-refractivity contribution in [1.82, 2.24) is 0 Å². The lowest BCUT2D eigenvalue weighted by Crippen LogP contribution is -2.05. The number of rotatable bonds is 6. The van der Waals surface area contributed by atoms with Gasteiger partial charge in [-0.3, -0.25) is 0 Å². The van der Waals surface area contributed by atoms with E-state index in [4.69, 9.17) is 16.3 Å². The monoisotopic (exact) mass is 303 g/mol. The Morgan fingerprint density at radius 2 is 1.90 bits per heavy atom. The Labute approximate surface area is 132 Å². The second-order valence-electron chi connectivity index (χ2n) is 5.27. The molecule has 0 aliphatic rings. The van der Waals surface area contributed by atoms with Gasteiger partial charge >= 0.3 is 0 Å². The molecule has 0 saturated heterocycles. The first-order chi connectivity index (χ1) is 10.1. The Morgan fingerprint density at radius 3 is 2.62 bits per heavy atom. The van der Waals surface area contributed by atoms with Gasteiger partial charge in [-0.05, 0) is 50.1 Å². The van der Waals surface area contributed by atoms with E-state index < -0.39 is 0 Å². The Balaban J connectivity index is 2.12. The number of hydrogen-bond acceptors (Lipinski definition) is 2. The molecule has 2 nitrogen and oxygen atoms in total. The Bertz CT molecular complexity index is 610. The SMILES string of the molecule is CCCOc1ccc(Cl)cc1CNc1ccc(C)cc1C. The van der Waals surface area contributed by atoms with Crippen molar-refractivity contribution in [3.63, 3.8) is 0 Å². The number of hydrogen-bond donors (Lipinski definition) is 1. The van der Waals surface area contributed by atoms with Crippen LogP contribution in [0.4, 0.5) is 5.69 Å². The molecule has 2 aromatic carbocycles. The predicted octanol–water partition coefficient (Wildman–Crippen LogP) is 5.36. The van der Waals surface area contributed by atoms with Gasteiger partial charge in [0.25, 0.3) is 0 Å². The number of nitrogens with one attached hydrogen (secondary N) is 1. The first-order valence-electron chi connectivity index (χ1n) is 7.32. The van der Waals surface area contributed by atoms with Crippen LogP contribution in [-0.2, 0) is 6.54 Å². The normalized spacial score (nSPS) is 10.5. The third kappa shape index (κ3) is 4.40. The van der Waals surface area contributed by atoms with Crippen molar-refractivity contribution in [3.8, 4) is 5.75 Å². The summed E-state index contributed by atoms with van der Waals surface area (Å²) in [4.78, 5) is 0. The van der Waals surface area contributed by atoms with Gasteiger partial charge in [-0.25, -0.2) is 0 Å². The molecule has 0 bridgehead atoms. The molecule has 0 aromatic heterocycles. The van der Waals surface area contributed by atoms with Gasteiger partial charge in [-0.1, -0.05) is 36.2 Å². The zero-order valence-corrected chi connectivity index (χ0v) is 13.6. The molecule has 2 rings (SSSR count). The lowest BCUT2D eigenvalue weighted by atomic mass is 10.1. The van der Waals surface area contributed by atoms with Crippen molar-refractivity contribution < 1.29 is 4.74 Å². The number of ether oxygens (including phenoxy) is 1. The van der Waals surface area contributed by atoms with E-state index in [0.29, 0.717) is 6.54 Å². The van der Waals surface area contributed by atoms with Crippen LogP contribution in [0.1, 0.15) is 30.0 Å². The van der Waals surface area contributed by atoms with Crippen LogP contribution in [-0.4, -0.2) is 6.61 Å². The maximum absolute atomic E-state index is 6.10. The van der Waals surface area contributed by atoms with Gasteiger partial charge in [-0.2, -0.15) is 0 Å². The molecule has 0 atom stereocenters. The Morgan fingerprint density at radius 1 is 1.10 bits per heavy atom. The summed E-state index contributed by atoms with van der Waals surface area (Å²) in [5.74, 6) is 0.901. The van der Waals surface area contributed by atoms with Gasteiger partial charge in [-0.15, -0.1) is 0 Å². The summed E-state index contributed by atoms with van der Waals surface area (Å²) < 4.78 is 5.78. The van der Waals surface area contributed by atoms with E-state index in [1.165, 1.54) is 11.1 Å². The van der Waals surface area contributed by atoms with Crippen LogP contribution in [0.5, 0.6) is 5.75 Å². The summed E-state index contributed by atoms with van der Waals surface area (Å²) in [7, 11) is 0. The van der Waals surface area contributed by atoms with E-state index in [-0.39, 0.29) is 0 Å². The molecular formula is C18H22ClNO. The standard InChI is InChI=1S/C18H22ClNO/c1-4-9-21-18-8-6-16(19)11-15(18)12-20-17-7-5-13(2)10-14(17)3/h5-8,10-11,20H,4,9,12H2,1-3H3. The highest BCUT2D eigenvalue weighted by molar-refractivity contribution is 6.30. The average molecular weight is 304 g/mol. The van der Waals surface area contributed by atoms with Crippen LogP contribution in [0.3, 0.4) is 0 Å². The first-order valence-corrected chi connectivity index (χ1v) is 7.70. The quantitative estimate of drug-likeness (QED) is 0.776. The third-order valence-corrected chi connectivity index (χ3v) is 3.57. The zero-order valence-electron chi connectivity index (χ0n) is 12.9. The van der Waals surface area contributed by atoms with E-state index >= 15 is 0 Å². The molecule has 0 aliphatic carbocycles. The number of benzene rings is 2. The summed E-state index contributed by atoms with van der Waals surface area (Å²) in [6, 6.07) is 12.2. The van der Waals surface area contributed by atoms with Gasteiger partial charge in [0.2, 0.25) is 0 Å². The minimum absolute atomic E-state index is 0.698. The van der Waals surface area contributed by atoms with E-state index in [1.54, 1.807) is 0 Å². The maximum atomic E-state index is 6.10. The summed E-state index contributed by atoms with van der Waals surface area (Å²) in [6.45, 7) is 7.73. The van der Waals surface area contributed by atoms with Crippen LogP contribution in [0.2, 0.25) is 5.02 Å². The van der Waals surface area contributed by atoms with Gasteiger partial charge in [0.1, 0.15) is 5.75 Å². The second kappa shape index (κ2) is 7.37. The summed E-state index contributed by atoms with van der Waals surface area (Å²) >= 11 is 6.10. The van der Waals surface area contributed by atoms with Crippen LogP contribution in [0, 0.1) is 13.8 Å². The molecule has 112 valence electrons. The molecule has 0 unspecified atom stereocenters. The van der Waals surface area contributed by atoms with Gasteiger partial charge in [0.05, 0.1) is 6.61 Å². The smallest absolute Gasteiger partial charge is 0.124 e. The minimum Gasteiger partial charge on any atom is -0.493 e. The fourth-order valence-corrected chi connectivity index (χ4v) is 2.44. The van der Waals surface area contributed by atoms with E-state index in [9.17, 15) is 0 Å².